The third-order valence-electron chi connectivity index (χ3n) is 2.59. The van der Waals surface area contributed by atoms with E-state index in [9.17, 15) is 0 Å². The average Bonchev–Trinajstić information content (AvgIpc) is 2.90. The molecule has 3 aromatic rings. The van der Waals surface area contributed by atoms with Crippen molar-refractivity contribution < 1.29 is 4.74 Å². The van der Waals surface area contributed by atoms with E-state index in [1.807, 2.05) is 40.9 Å². The summed E-state index contributed by atoms with van der Waals surface area (Å²) in [4.78, 5) is 8.47. The van der Waals surface area contributed by atoms with Crippen LogP contribution in [0.1, 0.15) is 5.56 Å². The average molecular weight is 304 g/mol. The maximum Gasteiger partial charge on any atom is 0.183 e. The molecule has 2 aromatic heterocycles. The second-order valence-electron chi connectivity index (χ2n) is 3.79. The summed E-state index contributed by atoms with van der Waals surface area (Å²) in [6, 6.07) is 10.0. The number of fused-ring (bicyclic) bond motifs is 1. The van der Waals surface area contributed by atoms with Crippen LogP contribution >= 0.6 is 15.9 Å². The van der Waals surface area contributed by atoms with E-state index in [-0.39, 0.29) is 0 Å². The summed E-state index contributed by atoms with van der Waals surface area (Å²) in [5.41, 5.74) is 1.87. The lowest BCUT2D eigenvalue weighted by atomic mass is 10.2. The zero-order valence-electron chi connectivity index (χ0n) is 9.45. The molecule has 0 saturated heterocycles. The molecular formula is C13H10BrN3O. The third-order valence-corrected chi connectivity index (χ3v) is 3.17. The predicted molar refractivity (Wildman–Crippen MR) is 71.5 cm³/mol. The highest BCUT2D eigenvalue weighted by molar-refractivity contribution is 9.10. The van der Waals surface area contributed by atoms with Gasteiger partial charge in [-0.1, -0.05) is 30.3 Å². The fourth-order valence-corrected chi connectivity index (χ4v) is 2.09. The minimum Gasteiger partial charge on any atom is -0.483 e. The largest absolute Gasteiger partial charge is 0.483 e. The third kappa shape index (κ3) is 2.09. The Labute approximate surface area is 112 Å². The molecule has 90 valence electrons. The van der Waals surface area contributed by atoms with Crippen LogP contribution in [-0.2, 0) is 6.61 Å². The molecule has 0 N–H and O–H groups in total. The van der Waals surface area contributed by atoms with Gasteiger partial charge < -0.3 is 4.74 Å². The minimum atomic E-state index is 0.507. The summed E-state index contributed by atoms with van der Waals surface area (Å²) in [6.45, 7) is 0.507. The molecule has 0 bridgehead atoms. The summed E-state index contributed by atoms with van der Waals surface area (Å²) in [6.07, 6.45) is 5.23. The number of imidazole rings is 1. The summed E-state index contributed by atoms with van der Waals surface area (Å²) in [7, 11) is 0. The van der Waals surface area contributed by atoms with Crippen LogP contribution < -0.4 is 4.74 Å². The highest BCUT2D eigenvalue weighted by Gasteiger charge is 2.07. The van der Waals surface area contributed by atoms with Gasteiger partial charge in [0.1, 0.15) is 6.61 Å². The van der Waals surface area contributed by atoms with Crippen LogP contribution in [0.15, 0.2) is 53.7 Å². The Kier molecular flexibility index (Phi) is 2.98. The highest BCUT2D eigenvalue weighted by Crippen LogP contribution is 2.21. The molecule has 1 aromatic carbocycles. The van der Waals surface area contributed by atoms with Gasteiger partial charge in [-0.15, -0.1) is 0 Å². The van der Waals surface area contributed by atoms with Gasteiger partial charge in [-0.3, -0.25) is 4.40 Å². The second-order valence-corrected chi connectivity index (χ2v) is 4.50. The van der Waals surface area contributed by atoms with Crippen molar-refractivity contribution in [1.29, 1.82) is 0 Å². The van der Waals surface area contributed by atoms with Gasteiger partial charge in [-0.2, -0.15) is 0 Å². The first-order valence-corrected chi connectivity index (χ1v) is 6.28. The van der Waals surface area contributed by atoms with Gasteiger partial charge in [-0.05, 0) is 21.5 Å². The van der Waals surface area contributed by atoms with Crippen molar-refractivity contribution in [2.45, 2.75) is 6.61 Å². The second kappa shape index (κ2) is 4.78. The number of hydrogen-bond acceptors (Lipinski definition) is 3. The summed E-state index contributed by atoms with van der Waals surface area (Å²) < 4.78 is 8.30. The Morgan fingerprint density at radius 3 is 2.83 bits per heavy atom. The number of nitrogens with zero attached hydrogens (tertiary/aromatic N) is 3. The minimum absolute atomic E-state index is 0.507. The molecule has 4 nitrogen and oxygen atoms in total. The molecule has 0 fully saturated rings. The van der Waals surface area contributed by atoms with Crippen LogP contribution in [0.3, 0.4) is 0 Å². The fraction of sp³-hybridized carbons (Fsp3) is 0.0769. The van der Waals surface area contributed by atoms with Crippen molar-refractivity contribution in [3.63, 3.8) is 0 Å². The van der Waals surface area contributed by atoms with E-state index in [0.717, 1.165) is 11.2 Å². The first-order valence-electron chi connectivity index (χ1n) is 5.49. The highest BCUT2D eigenvalue weighted by atomic mass is 79.9. The van der Waals surface area contributed by atoms with E-state index in [1.54, 1.807) is 12.4 Å². The summed E-state index contributed by atoms with van der Waals surface area (Å²) in [5, 5.41) is 0. The van der Waals surface area contributed by atoms with Gasteiger partial charge in [0, 0.05) is 12.4 Å². The van der Waals surface area contributed by atoms with Crippen molar-refractivity contribution in [3.05, 3.63) is 59.2 Å². The molecule has 18 heavy (non-hydrogen) atoms. The fourth-order valence-electron chi connectivity index (χ4n) is 1.70. The number of ether oxygens (including phenoxy) is 1. The predicted octanol–water partition coefficient (Wildman–Crippen LogP) is 3.07. The van der Waals surface area contributed by atoms with Gasteiger partial charge >= 0.3 is 0 Å². The molecule has 0 atom stereocenters. The van der Waals surface area contributed by atoms with Gasteiger partial charge in [0.15, 0.2) is 16.1 Å². The molecule has 0 spiro atoms. The first kappa shape index (κ1) is 11.2. The van der Waals surface area contributed by atoms with Crippen LogP contribution in [0.4, 0.5) is 0 Å². The van der Waals surface area contributed by atoms with Crippen molar-refractivity contribution >= 4 is 21.6 Å². The maximum atomic E-state index is 5.75. The Balaban J connectivity index is 1.87. The molecular weight excluding hydrogens is 294 g/mol. The Hall–Kier alpha value is -1.88. The summed E-state index contributed by atoms with van der Waals surface area (Å²) in [5.74, 6) is 0.673. The van der Waals surface area contributed by atoms with Crippen LogP contribution in [-0.4, -0.2) is 14.4 Å². The molecule has 0 radical (unpaired) electrons. The van der Waals surface area contributed by atoms with Gasteiger partial charge in [0.2, 0.25) is 0 Å². The van der Waals surface area contributed by atoms with Crippen molar-refractivity contribution in [1.82, 2.24) is 14.4 Å². The Morgan fingerprint density at radius 1 is 1.17 bits per heavy atom. The summed E-state index contributed by atoms with van der Waals surface area (Å²) >= 11 is 3.36. The smallest absolute Gasteiger partial charge is 0.183 e. The molecule has 0 amide bonds. The zero-order valence-corrected chi connectivity index (χ0v) is 11.0. The topological polar surface area (TPSA) is 39.4 Å². The number of benzene rings is 1. The maximum absolute atomic E-state index is 5.75. The van der Waals surface area contributed by atoms with Gasteiger partial charge in [-0.25, -0.2) is 9.97 Å². The lowest BCUT2D eigenvalue weighted by Gasteiger charge is -2.07. The SMILES string of the molecule is Brc1ncc(OCc2ccccc2)c2nccn12. The van der Waals surface area contributed by atoms with E-state index in [4.69, 9.17) is 4.74 Å². The Bertz CT molecular complexity index is 666. The van der Waals surface area contributed by atoms with E-state index in [1.165, 1.54) is 0 Å². The molecule has 3 rings (SSSR count). The van der Waals surface area contributed by atoms with Crippen LogP contribution in [0.2, 0.25) is 0 Å². The lowest BCUT2D eigenvalue weighted by molar-refractivity contribution is 0.306. The van der Waals surface area contributed by atoms with Crippen LogP contribution in [0.25, 0.3) is 5.65 Å². The molecule has 0 aliphatic heterocycles. The molecule has 0 unspecified atom stereocenters. The van der Waals surface area contributed by atoms with Gasteiger partial charge in [0.05, 0.1) is 6.20 Å². The van der Waals surface area contributed by atoms with E-state index >= 15 is 0 Å². The standard InChI is InChI=1S/C13H10BrN3O/c14-13-16-8-11(12-15-6-7-17(12)13)18-9-10-4-2-1-3-5-10/h1-8H,9H2. The van der Waals surface area contributed by atoms with Crippen molar-refractivity contribution in [2.24, 2.45) is 0 Å². The van der Waals surface area contributed by atoms with E-state index in [0.29, 0.717) is 17.1 Å². The molecule has 0 aliphatic carbocycles. The van der Waals surface area contributed by atoms with E-state index < -0.39 is 0 Å². The normalized spacial score (nSPS) is 10.7. The lowest BCUT2D eigenvalue weighted by Crippen LogP contribution is -1.99. The molecule has 0 aliphatic rings. The molecule has 2 heterocycles. The molecule has 5 heteroatoms. The van der Waals surface area contributed by atoms with Crippen LogP contribution in [0, 0.1) is 0 Å². The number of aromatic nitrogens is 3. The van der Waals surface area contributed by atoms with Crippen molar-refractivity contribution in [2.75, 3.05) is 0 Å². The van der Waals surface area contributed by atoms with Crippen LogP contribution in [0.5, 0.6) is 5.75 Å². The quantitative estimate of drug-likeness (QED) is 0.698. The van der Waals surface area contributed by atoms with E-state index in [2.05, 4.69) is 25.9 Å². The number of rotatable bonds is 3. The Morgan fingerprint density at radius 2 is 2.00 bits per heavy atom. The zero-order chi connectivity index (χ0) is 12.4. The first-order chi connectivity index (χ1) is 8.84. The van der Waals surface area contributed by atoms with Crippen molar-refractivity contribution in [3.8, 4) is 5.75 Å². The monoisotopic (exact) mass is 303 g/mol. The molecule has 0 saturated carbocycles. The number of halogens is 1. The van der Waals surface area contributed by atoms with Gasteiger partial charge in [0.25, 0.3) is 0 Å². The number of hydrogen-bond donors (Lipinski definition) is 0.